The van der Waals surface area contributed by atoms with Crippen molar-refractivity contribution in [1.82, 2.24) is 29.7 Å². The minimum atomic E-state index is -0.324. The molecule has 24 heavy (non-hydrogen) atoms. The molecule has 0 radical (unpaired) electrons. The first-order valence-corrected chi connectivity index (χ1v) is 8.19. The van der Waals surface area contributed by atoms with E-state index in [1.165, 1.54) is 42.7 Å². The molecule has 1 saturated carbocycles. The normalized spacial score (nSPS) is 15.6. The highest BCUT2D eigenvalue weighted by Gasteiger charge is 2.21. The molecule has 8 heteroatoms. The van der Waals surface area contributed by atoms with Gasteiger partial charge >= 0.3 is 0 Å². The zero-order valence-corrected chi connectivity index (χ0v) is 14.0. The Morgan fingerprint density at radius 1 is 1.38 bits per heavy atom. The van der Waals surface area contributed by atoms with Crippen LogP contribution in [-0.4, -0.2) is 42.8 Å². The van der Waals surface area contributed by atoms with Crippen LogP contribution >= 0.6 is 0 Å². The maximum Gasteiger partial charge on any atom is 0.268 e. The van der Waals surface area contributed by atoms with Crippen LogP contribution in [0, 0.1) is 11.3 Å². The molecule has 1 aliphatic rings. The molecule has 2 aromatic rings. The molecule has 0 amide bonds. The Labute approximate surface area is 140 Å². The summed E-state index contributed by atoms with van der Waals surface area (Å²) in [6, 6.07) is 4.01. The van der Waals surface area contributed by atoms with Gasteiger partial charge in [-0.25, -0.2) is 0 Å². The number of aromatic nitrogens is 5. The van der Waals surface area contributed by atoms with Gasteiger partial charge in [0.05, 0.1) is 12.2 Å². The fourth-order valence-corrected chi connectivity index (χ4v) is 3.27. The third kappa shape index (κ3) is 3.21. The number of rotatable bonds is 4. The zero-order valence-electron chi connectivity index (χ0n) is 14.0. The van der Waals surface area contributed by atoms with E-state index in [9.17, 15) is 4.79 Å². The van der Waals surface area contributed by atoms with Crippen molar-refractivity contribution < 1.29 is 0 Å². The molecule has 2 aromatic heterocycles. The van der Waals surface area contributed by atoms with Crippen LogP contribution in [0.4, 0.5) is 0 Å². The molecular weight excluding hydrogens is 306 g/mol. The summed E-state index contributed by atoms with van der Waals surface area (Å²) in [5, 5.41) is 21.0. The molecule has 0 atom stereocenters. The van der Waals surface area contributed by atoms with Crippen molar-refractivity contribution in [3.8, 4) is 11.8 Å². The number of nitriles is 1. The summed E-state index contributed by atoms with van der Waals surface area (Å²) in [5.41, 5.74) is 0.373. The Hall–Kier alpha value is -2.53. The summed E-state index contributed by atoms with van der Waals surface area (Å²) >= 11 is 0. The Balaban J connectivity index is 1.87. The van der Waals surface area contributed by atoms with Crippen molar-refractivity contribution in [2.45, 2.75) is 44.7 Å². The van der Waals surface area contributed by atoms with Gasteiger partial charge in [-0.1, -0.05) is 19.3 Å². The molecule has 0 spiro atoms. The SMILES string of the molecule is CN(Cc1nnnn1-c1cc(C#N)c(=O)n(C)c1)C1CCCCC1. The predicted octanol–water partition coefficient (Wildman–Crippen LogP) is 0.997. The van der Waals surface area contributed by atoms with Crippen LogP contribution in [0.2, 0.25) is 0 Å². The molecule has 0 aromatic carbocycles. The lowest BCUT2D eigenvalue weighted by Gasteiger charge is -2.30. The Morgan fingerprint density at radius 2 is 2.12 bits per heavy atom. The number of hydrogen-bond donors (Lipinski definition) is 0. The van der Waals surface area contributed by atoms with E-state index in [2.05, 4.69) is 27.5 Å². The van der Waals surface area contributed by atoms with Gasteiger partial charge in [-0.2, -0.15) is 9.94 Å². The van der Waals surface area contributed by atoms with Crippen LogP contribution in [0.15, 0.2) is 17.1 Å². The fraction of sp³-hybridized carbons (Fsp3) is 0.562. The van der Waals surface area contributed by atoms with Crippen molar-refractivity contribution in [2.75, 3.05) is 7.05 Å². The summed E-state index contributed by atoms with van der Waals surface area (Å²) in [6.07, 6.45) is 7.91. The quantitative estimate of drug-likeness (QED) is 0.831. The molecular formula is C16H21N7O. The van der Waals surface area contributed by atoms with Gasteiger partial charge in [-0.3, -0.25) is 9.69 Å². The maximum atomic E-state index is 11.9. The smallest absolute Gasteiger partial charge is 0.268 e. The molecule has 1 aliphatic carbocycles. The second-order valence-electron chi connectivity index (χ2n) is 6.35. The van der Waals surface area contributed by atoms with Gasteiger partial charge in [0.15, 0.2) is 5.82 Å². The lowest BCUT2D eigenvalue weighted by atomic mass is 9.94. The van der Waals surface area contributed by atoms with Crippen LogP contribution in [0.25, 0.3) is 5.69 Å². The monoisotopic (exact) mass is 327 g/mol. The first-order chi connectivity index (χ1) is 11.6. The van der Waals surface area contributed by atoms with E-state index in [-0.39, 0.29) is 11.1 Å². The molecule has 0 N–H and O–H groups in total. The lowest BCUT2D eigenvalue weighted by Crippen LogP contribution is -2.33. The Kier molecular flexibility index (Phi) is 4.71. The van der Waals surface area contributed by atoms with Crippen LogP contribution in [0.1, 0.15) is 43.5 Å². The summed E-state index contributed by atoms with van der Waals surface area (Å²) in [7, 11) is 3.71. The predicted molar refractivity (Wildman–Crippen MR) is 87.5 cm³/mol. The minimum Gasteiger partial charge on any atom is -0.315 e. The van der Waals surface area contributed by atoms with Gasteiger partial charge in [0.2, 0.25) is 0 Å². The van der Waals surface area contributed by atoms with Crippen LogP contribution < -0.4 is 5.56 Å². The highest BCUT2D eigenvalue weighted by Crippen LogP contribution is 2.22. The highest BCUT2D eigenvalue weighted by atomic mass is 16.1. The van der Waals surface area contributed by atoms with Gasteiger partial charge in [-0.15, -0.1) is 5.10 Å². The van der Waals surface area contributed by atoms with Gasteiger partial charge in [0.25, 0.3) is 5.56 Å². The average molecular weight is 327 g/mol. The summed E-state index contributed by atoms with van der Waals surface area (Å²) in [4.78, 5) is 14.1. The largest absolute Gasteiger partial charge is 0.315 e. The van der Waals surface area contributed by atoms with Gasteiger partial charge in [0.1, 0.15) is 11.6 Å². The third-order valence-electron chi connectivity index (χ3n) is 4.66. The molecule has 0 saturated heterocycles. The number of tetrazole rings is 1. The van der Waals surface area contributed by atoms with Crippen molar-refractivity contribution >= 4 is 0 Å². The van der Waals surface area contributed by atoms with E-state index in [1.807, 2.05) is 6.07 Å². The van der Waals surface area contributed by atoms with Crippen LogP contribution in [-0.2, 0) is 13.6 Å². The van der Waals surface area contributed by atoms with Crippen LogP contribution in [0.5, 0.6) is 0 Å². The molecule has 0 bridgehead atoms. The summed E-state index contributed by atoms with van der Waals surface area (Å²) < 4.78 is 2.98. The Morgan fingerprint density at radius 3 is 2.83 bits per heavy atom. The zero-order chi connectivity index (χ0) is 17.1. The Bertz CT molecular complexity index is 811. The lowest BCUT2D eigenvalue weighted by molar-refractivity contribution is 0.179. The minimum absolute atomic E-state index is 0.0806. The molecule has 126 valence electrons. The second-order valence-corrected chi connectivity index (χ2v) is 6.35. The average Bonchev–Trinajstić information content (AvgIpc) is 3.06. The molecule has 8 nitrogen and oxygen atoms in total. The number of hydrogen-bond acceptors (Lipinski definition) is 6. The van der Waals surface area contributed by atoms with Crippen molar-refractivity contribution in [1.29, 1.82) is 5.26 Å². The first kappa shape index (κ1) is 16.3. The van der Waals surface area contributed by atoms with E-state index >= 15 is 0 Å². The van der Waals surface area contributed by atoms with Gasteiger partial charge < -0.3 is 4.57 Å². The van der Waals surface area contributed by atoms with Gasteiger partial charge in [-0.05, 0) is 36.4 Å². The van der Waals surface area contributed by atoms with Crippen molar-refractivity contribution in [3.05, 3.63) is 34.0 Å². The molecule has 3 rings (SSSR count). The van der Waals surface area contributed by atoms with E-state index < -0.39 is 0 Å². The number of aryl methyl sites for hydroxylation is 1. The van der Waals surface area contributed by atoms with E-state index in [1.54, 1.807) is 17.9 Å². The molecule has 2 heterocycles. The van der Waals surface area contributed by atoms with E-state index in [4.69, 9.17) is 5.26 Å². The molecule has 0 unspecified atom stereocenters. The third-order valence-corrected chi connectivity index (χ3v) is 4.66. The molecule has 0 aliphatic heterocycles. The first-order valence-electron chi connectivity index (χ1n) is 8.19. The topological polar surface area (TPSA) is 92.6 Å². The van der Waals surface area contributed by atoms with Crippen molar-refractivity contribution in [3.63, 3.8) is 0 Å². The summed E-state index contributed by atoms with van der Waals surface area (Å²) in [5.74, 6) is 0.700. The second kappa shape index (κ2) is 6.93. The maximum absolute atomic E-state index is 11.9. The summed E-state index contributed by atoms with van der Waals surface area (Å²) in [6.45, 7) is 0.627. The fourth-order valence-electron chi connectivity index (χ4n) is 3.27. The van der Waals surface area contributed by atoms with Crippen LogP contribution in [0.3, 0.4) is 0 Å². The molecule has 1 fully saturated rings. The number of pyridine rings is 1. The van der Waals surface area contributed by atoms with E-state index in [0.717, 1.165) is 0 Å². The van der Waals surface area contributed by atoms with Gasteiger partial charge in [0, 0.05) is 19.3 Å². The van der Waals surface area contributed by atoms with E-state index in [0.29, 0.717) is 24.1 Å². The number of nitrogens with zero attached hydrogens (tertiary/aromatic N) is 7. The standard InChI is InChI=1S/C16H21N7O/c1-21(13-6-4-3-5-7-13)11-15-18-19-20-23(15)14-8-12(9-17)16(24)22(2)10-14/h8,10,13H,3-7,11H2,1-2H3. The highest BCUT2D eigenvalue weighted by molar-refractivity contribution is 5.38. The van der Waals surface area contributed by atoms with Crippen molar-refractivity contribution in [2.24, 2.45) is 7.05 Å².